The number of rotatable bonds is 6. The molecule has 0 saturated carbocycles. The van der Waals surface area contributed by atoms with Crippen molar-refractivity contribution in [2.75, 3.05) is 7.05 Å². The zero-order valence-electron chi connectivity index (χ0n) is 17.0. The van der Waals surface area contributed by atoms with Gasteiger partial charge >= 0.3 is 0 Å². The van der Waals surface area contributed by atoms with Crippen molar-refractivity contribution in [3.05, 3.63) is 72.0 Å². The van der Waals surface area contributed by atoms with Gasteiger partial charge in [0.05, 0.1) is 0 Å². The van der Waals surface area contributed by atoms with Gasteiger partial charge in [0, 0.05) is 35.2 Å². The van der Waals surface area contributed by atoms with Crippen LogP contribution in [0.15, 0.2) is 71.4 Å². The fraction of sp³-hybridized carbons (Fsp3) is 0.333. The van der Waals surface area contributed by atoms with E-state index in [1.54, 1.807) is 0 Å². The molecule has 0 N–H and O–H groups in total. The second kappa shape index (κ2) is 8.75. The van der Waals surface area contributed by atoms with Crippen molar-refractivity contribution in [3.63, 3.8) is 0 Å². The van der Waals surface area contributed by atoms with Crippen LogP contribution < -0.4 is 4.57 Å². The number of pyridine rings is 1. The van der Waals surface area contributed by atoms with Crippen molar-refractivity contribution in [1.82, 2.24) is 0 Å². The van der Waals surface area contributed by atoms with Crippen LogP contribution in [0.2, 0.25) is 0 Å². The molecule has 136 valence electrons. The van der Waals surface area contributed by atoms with Crippen LogP contribution in [0.3, 0.4) is 0 Å². The number of hydrogen-bond donors (Lipinski definition) is 0. The second-order valence-corrected chi connectivity index (χ2v) is 7.06. The number of allylic oxidation sites excluding steroid dienone is 5. The van der Waals surface area contributed by atoms with Crippen molar-refractivity contribution < 1.29 is 4.57 Å². The molecule has 2 heteroatoms. The highest BCUT2D eigenvalue weighted by atomic mass is 14.9. The highest BCUT2D eigenvalue weighted by molar-refractivity contribution is 6.04. The lowest BCUT2D eigenvalue weighted by Gasteiger charge is -2.26. The van der Waals surface area contributed by atoms with Crippen LogP contribution in [0.5, 0.6) is 0 Å². The first-order valence-electron chi connectivity index (χ1n) is 9.31. The van der Waals surface area contributed by atoms with Crippen LogP contribution in [-0.4, -0.2) is 12.8 Å². The average molecular weight is 348 g/mol. The molecule has 0 spiro atoms. The van der Waals surface area contributed by atoms with Gasteiger partial charge in [-0.3, -0.25) is 4.99 Å². The first-order valence-corrected chi connectivity index (χ1v) is 9.31. The molecule has 0 radical (unpaired) electrons. The number of para-hydroxylation sites is 1. The summed E-state index contributed by atoms with van der Waals surface area (Å²) in [5.74, 6) is 0. The fourth-order valence-corrected chi connectivity index (χ4v) is 3.08. The van der Waals surface area contributed by atoms with E-state index in [0.29, 0.717) is 0 Å². The Labute approximate surface area is 158 Å². The molecule has 0 fully saturated rings. The van der Waals surface area contributed by atoms with Crippen molar-refractivity contribution >= 4 is 22.7 Å². The molecule has 1 aromatic heterocycles. The predicted molar refractivity (Wildman–Crippen MR) is 115 cm³/mol. The summed E-state index contributed by atoms with van der Waals surface area (Å²) in [5, 5.41) is 1.26. The number of aliphatic imine (C=N–C) groups is 1. The molecule has 0 aliphatic carbocycles. The van der Waals surface area contributed by atoms with Gasteiger partial charge in [-0.15, -0.1) is 0 Å². The monoisotopic (exact) mass is 347 g/mol. The highest BCUT2D eigenvalue weighted by Gasteiger charge is 2.24. The van der Waals surface area contributed by atoms with Gasteiger partial charge in [-0.1, -0.05) is 49.8 Å². The molecule has 0 amide bonds. The summed E-state index contributed by atoms with van der Waals surface area (Å²) in [6, 6.07) is 10.8. The minimum atomic E-state index is -0.109. The standard InChI is InChI=1S/C24H31N2/c1-7-9-12-19(3)24(4,5)23(25-6)16-15-20-17-21-13-10-11-14-22(21)26(8-2)18-20/h7,9-18H,8H2,1-6H3/q+1/b9-7-,16-15+,19-12+,25-23?. The topological polar surface area (TPSA) is 16.2 Å². The Morgan fingerprint density at radius 1 is 1.23 bits per heavy atom. The first-order chi connectivity index (χ1) is 12.4. The SMILES string of the molecule is C/C=C\C=C(/C)C(C)(C)C(/C=C/c1cc2ccccc2[n+](CC)c1)=NC. The number of aromatic nitrogens is 1. The molecular weight excluding hydrogens is 316 g/mol. The molecule has 0 bridgehead atoms. The van der Waals surface area contributed by atoms with E-state index in [4.69, 9.17) is 0 Å². The summed E-state index contributed by atoms with van der Waals surface area (Å²) in [7, 11) is 1.87. The van der Waals surface area contributed by atoms with Gasteiger partial charge in [-0.25, -0.2) is 0 Å². The molecular formula is C24H31N2+. The first kappa shape index (κ1) is 19.8. The quantitative estimate of drug-likeness (QED) is 0.358. The van der Waals surface area contributed by atoms with E-state index in [9.17, 15) is 0 Å². The number of aryl methyl sites for hydroxylation is 1. The van der Waals surface area contributed by atoms with E-state index < -0.39 is 0 Å². The summed E-state index contributed by atoms with van der Waals surface area (Å²) in [6.45, 7) is 11.8. The Morgan fingerprint density at radius 3 is 2.62 bits per heavy atom. The molecule has 0 aliphatic heterocycles. The summed E-state index contributed by atoms with van der Waals surface area (Å²) < 4.78 is 2.29. The van der Waals surface area contributed by atoms with Gasteiger partial charge < -0.3 is 0 Å². The van der Waals surface area contributed by atoms with E-state index in [-0.39, 0.29) is 5.41 Å². The molecule has 0 atom stereocenters. The Hall–Kier alpha value is -2.48. The zero-order valence-corrected chi connectivity index (χ0v) is 17.0. The lowest BCUT2D eigenvalue weighted by molar-refractivity contribution is -0.667. The molecule has 2 aromatic rings. The number of nitrogens with zero attached hydrogens (tertiary/aromatic N) is 2. The summed E-state index contributed by atoms with van der Waals surface area (Å²) in [6.07, 6.45) is 12.8. The van der Waals surface area contributed by atoms with Crippen molar-refractivity contribution in [2.24, 2.45) is 10.4 Å². The molecule has 1 aromatic carbocycles. The van der Waals surface area contributed by atoms with Gasteiger partial charge in [0.1, 0.15) is 6.54 Å². The summed E-state index contributed by atoms with van der Waals surface area (Å²) >= 11 is 0. The fourth-order valence-electron chi connectivity index (χ4n) is 3.08. The smallest absolute Gasteiger partial charge is 0.212 e. The molecule has 2 rings (SSSR count). The van der Waals surface area contributed by atoms with Crippen LogP contribution in [0, 0.1) is 5.41 Å². The van der Waals surface area contributed by atoms with Crippen LogP contribution in [0.25, 0.3) is 17.0 Å². The van der Waals surface area contributed by atoms with Crippen LogP contribution in [0.4, 0.5) is 0 Å². The third-order valence-corrected chi connectivity index (χ3v) is 5.05. The molecule has 1 heterocycles. The Bertz CT molecular complexity index is 880. The number of fused-ring (bicyclic) bond motifs is 1. The highest BCUT2D eigenvalue weighted by Crippen LogP contribution is 2.29. The maximum atomic E-state index is 4.57. The molecule has 0 unspecified atom stereocenters. The van der Waals surface area contributed by atoms with Crippen LogP contribution in [0.1, 0.15) is 40.2 Å². The van der Waals surface area contributed by atoms with Crippen LogP contribution >= 0.6 is 0 Å². The van der Waals surface area contributed by atoms with Gasteiger partial charge in [0.2, 0.25) is 5.52 Å². The zero-order chi connectivity index (χ0) is 19.2. The second-order valence-electron chi connectivity index (χ2n) is 7.06. The van der Waals surface area contributed by atoms with Gasteiger partial charge in [0.15, 0.2) is 6.20 Å². The maximum Gasteiger partial charge on any atom is 0.212 e. The lowest BCUT2D eigenvalue weighted by Crippen LogP contribution is -2.33. The average Bonchev–Trinajstić information content (AvgIpc) is 2.65. The number of benzene rings is 1. The molecule has 0 saturated heterocycles. The lowest BCUT2D eigenvalue weighted by atomic mass is 9.79. The van der Waals surface area contributed by atoms with E-state index in [2.05, 4.69) is 104 Å². The third-order valence-electron chi connectivity index (χ3n) is 5.05. The van der Waals surface area contributed by atoms with Crippen molar-refractivity contribution in [1.29, 1.82) is 0 Å². The van der Waals surface area contributed by atoms with Crippen molar-refractivity contribution in [3.8, 4) is 0 Å². The summed E-state index contributed by atoms with van der Waals surface area (Å²) in [4.78, 5) is 4.57. The minimum Gasteiger partial charge on any atom is -0.292 e. The van der Waals surface area contributed by atoms with E-state index in [1.165, 1.54) is 22.0 Å². The maximum absolute atomic E-state index is 4.57. The minimum absolute atomic E-state index is 0.109. The number of hydrogen-bond acceptors (Lipinski definition) is 1. The van der Waals surface area contributed by atoms with Gasteiger partial charge in [-0.05, 0) is 45.1 Å². The molecule has 26 heavy (non-hydrogen) atoms. The molecule has 2 nitrogen and oxygen atoms in total. The molecule has 0 aliphatic rings. The Balaban J connectivity index is 2.39. The van der Waals surface area contributed by atoms with Crippen molar-refractivity contribution in [2.45, 2.75) is 41.2 Å². The van der Waals surface area contributed by atoms with E-state index in [0.717, 1.165) is 12.3 Å². The van der Waals surface area contributed by atoms with Crippen LogP contribution in [-0.2, 0) is 6.54 Å². The van der Waals surface area contributed by atoms with Gasteiger partial charge in [0.25, 0.3) is 0 Å². The van der Waals surface area contributed by atoms with Gasteiger partial charge in [-0.2, -0.15) is 4.57 Å². The van der Waals surface area contributed by atoms with E-state index in [1.807, 2.05) is 14.0 Å². The largest absolute Gasteiger partial charge is 0.292 e. The normalized spacial score (nSPS) is 14.1. The third kappa shape index (κ3) is 4.37. The predicted octanol–water partition coefficient (Wildman–Crippen LogP) is 5.78. The summed E-state index contributed by atoms with van der Waals surface area (Å²) in [5.41, 5.74) is 4.72. The Morgan fingerprint density at radius 2 is 1.96 bits per heavy atom. The van der Waals surface area contributed by atoms with E-state index >= 15 is 0 Å². The Kier molecular flexibility index (Phi) is 6.68.